The van der Waals surface area contributed by atoms with E-state index in [-0.39, 0.29) is 6.54 Å². The van der Waals surface area contributed by atoms with Crippen LogP contribution in [0.3, 0.4) is 0 Å². The zero-order valence-corrected chi connectivity index (χ0v) is 10.3. The van der Waals surface area contributed by atoms with Crippen LogP contribution in [0.4, 0.5) is 0 Å². The van der Waals surface area contributed by atoms with Crippen molar-refractivity contribution in [1.82, 2.24) is 10.6 Å². The highest BCUT2D eigenvalue weighted by Gasteiger charge is 2.12. The van der Waals surface area contributed by atoms with Gasteiger partial charge in [0.2, 0.25) is 0 Å². The molecule has 0 aromatic carbocycles. The number of rotatable bonds is 4. The summed E-state index contributed by atoms with van der Waals surface area (Å²) in [5.41, 5.74) is 0.979. The maximum absolute atomic E-state index is 11.4. The fraction of sp³-hybridized carbons (Fsp3) is 0.167. The third kappa shape index (κ3) is 3.46. The molecule has 6 heteroatoms. The van der Waals surface area contributed by atoms with Crippen LogP contribution in [0.25, 0.3) is 0 Å². The second-order valence-corrected chi connectivity index (χ2v) is 4.36. The van der Waals surface area contributed by atoms with E-state index in [4.69, 9.17) is 4.42 Å². The van der Waals surface area contributed by atoms with Gasteiger partial charge in [-0.25, -0.2) is 0 Å². The monoisotopic (exact) mass is 264 g/mol. The summed E-state index contributed by atoms with van der Waals surface area (Å²) in [6.07, 6.45) is 1.51. The molecule has 2 heterocycles. The molecular formula is C12H12N2O3S. The predicted octanol–water partition coefficient (Wildman–Crippen LogP) is 1.27. The summed E-state index contributed by atoms with van der Waals surface area (Å²) in [7, 11) is 0. The number of hydrogen-bond donors (Lipinski definition) is 2. The molecule has 0 fully saturated rings. The van der Waals surface area contributed by atoms with Gasteiger partial charge in [-0.05, 0) is 34.5 Å². The second-order valence-electron chi connectivity index (χ2n) is 3.58. The Hall–Kier alpha value is -2.08. The molecule has 0 saturated heterocycles. The molecule has 0 unspecified atom stereocenters. The Balaban J connectivity index is 1.73. The van der Waals surface area contributed by atoms with Crippen molar-refractivity contribution in [2.24, 2.45) is 0 Å². The van der Waals surface area contributed by atoms with Crippen LogP contribution in [0.1, 0.15) is 11.3 Å². The van der Waals surface area contributed by atoms with Gasteiger partial charge in [-0.3, -0.25) is 9.59 Å². The van der Waals surface area contributed by atoms with Gasteiger partial charge in [0.25, 0.3) is 0 Å². The molecule has 0 radical (unpaired) electrons. The Morgan fingerprint density at radius 3 is 2.56 bits per heavy atom. The molecule has 0 spiro atoms. The van der Waals surface area contributed by atoms with Crippen molar-refractivity contribution < 1.29 is 14.0 Å². The van der Waals surface area contributed by atoms with Crippen molar-refractivity contribution in [1.29, 1.82) is 0 Å². The maximum atomic E-state index is 11.4. The number of amides is 2. The Bertz CT molecular complexity index is 457. The number of thiophene rings is 1. The average molecular weight is 264 g/mol. The second kappa shape index (κ2) is 6.02. The molecule has 0 aliphatic heterocycles. The molecule has 0 saturated carbocycles. The molecule has 18 heavy (non-hydrogen) atoms. The average Bonchev–Trinajstić information content (AvgIpc) is 3.05. The van der Waals surface area contributed by atoms with E-state index in [2.05, 4.69) is 10.6 Å². The predicted molar refractivity (Wildman–Crippen MR) is 66.7 cm³/mol. The van der Waals surface area contributed by atoms with Crippen molar-refractivity contribution in [3.63, 3.8) is 0 Å². The lowest BCUT2D eigenvalue weighted by Crippen LogP contribution is -2.39. The van der Waals surface area contributed by atoms with Crippen LogP contribution in [0.15, 0.2) is 39.6 Å². The Labute approximate surface area is 108 Å². The first-order valence-corrected chi connectivity index (χ1v) is 6.29. The van der Waals surface area contributed by atoms with Gasteiger partial charge >= 0.3 is 11.8 Å². The summed E-state index contributed by atoms with van der Waals surface area (Å²) in [6, 6.07) is 5.34. The van der Waals surface area contributed by atoms with E-state index < -0.39 is 11.8 Å². The van der Waals surface area contributed by atoms with E-state index in [1.807, 2.05) is 16.8 Å². The lowest BCUT2D eigenvalue weighted by molar-refractivity contribution is -0.139. The maximum Gasteiger partial charge on any atom is 0.309 e. The fourth-order valence-electron chi connectivity index (χ4n) is 1.32. The molecule has 2 aromatic rings. The lowest BCUT2D eigenvalue weighted by Gasteiger charge is -2.04. The first-order chi connectivity index (χ1) is 8.75. The summed E-state index contributed by atoms with van der Waals surface area (Å²) in [6.45, 7) is 0.564. The molecule has 2 aromatic heterocycles. The molecule has 0 aliphatic carbocycles. The minimum Gasteiger partial charge on any atom is -0.467 e. The number of carbonyl (C=O) groups excluding carboxylic acids is 2. The third-order valence-corrected chi connectivity index (χ3v) is 2.97. The van der Waals surface area contributed by atoms with E-state index in [0.29, 0.717) is 12.3 Å². The van der Waals surface area contributed by atoms with Crippen molar-refractivity contribution >= 4 is 23.2 Å². The van der Waals surface area contributed by atoms with Crippen LogP contribution in [-0.4, -0.2) is 11.8 Å². The van der Waals surface area contributed by atoms with Gasteiger partial charge in [-0.1, -0.05) is 0 Å². The highest BCUT2D eigenvalue weighted by molar-refractivity contribution is 7.07. The molecule has 0 bridgehead atoms. The van der Waals surface area contributed by atoms with Gasteiger partial charge in [0.05, 0.1) is 12.8 Å². The van der Waals surface area contributed by atoms with Crippen LogP contribution in [0, 0.1) is 0 Å². The van der Waals surface area contributed by atoms with E-state index in [9.17, 15) is 9.59 Å². The molecule has 0 atom stereocenters. The molecule has 2 amide bonds. The first kappa shape index (κ1) is 12.4. The zero-order valence-electron chi connectivity index (χ0n) is 9.51. The van der Waals surface area contributed by atoms with E-state index in [1.165, 1.54) is 6.26 Å². The Morgan fingerprint density at radius 1 is 1.17 bits per heavy atom. The third-order valence-electron chi connectivity index (χ3n) is 2.24. The highest BCUT2D eigenvalue weighted by atomic mass is 32.1. The van der Waals surface area contributed by atoms with Gasteiger partial charge in [-0.15, -0.1) is 0 Å². The lowest BCUT2D eigenvalue weighted by atomic mass is 10.3. The van der Waals surface area contributed by atoms with Gasteiger partial charge < -0.3 is 15.1 Å². The van der Waals surface area contributed by atoms with E-state index >= 15 is 0 Å². The number of nitrogens with one attached hydrogen (secondary N) is 2. The first-order valence-electron chi connectivity index (χ1n) is 5.35. The molecule has 2 rings (SSSR count). The Kier molecular flexibility index (Phi) is 4.14. The van der Waals surface area contributed by atoms with Crippen LogP contribution >= 0.6 is 11.3 Å². The molecule has 2 N–H and O–H groups in total. The van der Waals surface area contributed by atoms with Gasteiger partial charge in [0.1, 0.15) is 5.76 Å². The molecule has 5 nitrogen and oxygen atoms in total. The molecule has 0 aliphatic rings. The summed E-state index contributed by atoms with van der Waals surface area (Å²) in [5, 5.41) is 8.85. The smallest absolute Gasteiger partial charge is 0.309 e. The van der Waals surface area contributed by atoms with Gasteiger partial charge in [-0.2, -0.15) is 11.3 Å². The zero-order chi connectivity index (χ0) is 12.8. The van der Waals surface area contributed by atoms with Crippen molar-refractivity contribution in [3.8, 4) is 0 Å². The fourth-order valence-corrected chi connectivity index (χ4v) is 1.99. The summed E-state index contributed by atoms with van der Waals surface area (Å²) >= 11 is 1.54. The van der Waals surface area contributed by atoms with Crippen molar-refractivity contribution in [3.05, 3.63) is 46.5 Å². The molecule has 94 valence electrons. The quantitative estimate of drug-likeness (QED) is 0.817. The minimum atomic E-state index is -0.665. The number of furan rings is 1. The summed E-state index contributed by atoms with van der Waals surface area (Å²) in [5.74, 6) is -0.705. The van der Waals surface area contributed by atoms with Crippen LogP contribution in [0.2, 0.25) is 0 Å². The molecular weight excluding hydrogens is 252 g/mol. The number of hydrogen-bond acceptors (Lipinski definition) is 4. The SMILES string of the molecule is O=C(NCc1ccsc1)C(=O)NCc1ccco1. The van der Waals surface area contributed by atoms with Gasteiger partial charge in [0.15, 0.2) is 0 Å². The van der Waals surface area contributed by atoms with E-state index in [1.54, 1.807) is 23.5 Å². The van der Waals surface area contributed by atoms with Gasteiger partial charge in [0, 0.05) is 6.54 Å². The highest BCUT2D eigenvalue weighted by Crippen LogP contribution is 2.04. The normalized spacial score (nSPS) is 10.0. The minimum absolute atomic E-state index is 0.206. The summed E-state index contributed by atoms with van der Waals surface area (Å²) in [4.78, 5) is 22.9. The van der Waals surface area contributed by atoms with Crippen LogP contribution in [0.5, 0.6) is 0 Å². The summed E-state index contributed by atoms with van der Waals surface area (Å²) < 4.78 is 5.04. The standard InChI is InChI=1S/C12H12N2O3S/c15-11(13-6-9-3-5-18-8-9)12(16)14-7-10-2-1-4-17-10/h1-5,8H,6-7H2,(H,13,15)(H,14,16). The van der Waals surface area contributed by atoms with Crippen molar-refractivity contribution in [2.75, 3.05) is 0 Å². The van der Waals surface area contributed by atoms with E-state index in [0.717, 1.165) is 5.56 Å². The number of carbonyl (C=O) groups is 2. The van der Waals surface area contributed by atoms with Crippen LogP contribution in [-0.2, 0) is 22.7 Å². The largest absolute Gasteiger partial charge is 0.467 e. The van der Waals surface area contributed by atoms with Crippen molar-refractivity contribution in [2.45, 2.75) is 13.1 Å². The Morgan fingerprint density at radius 2 is 1.94 bits per heavy atom. The van der Waals surface area contributed by atoms with Crippen LogP contribution < -0.4 is 10.6 Å². The topological polar surface area (TPSA) is 71.3 Å².